The number of aryl methyl sites for hydroxylation is 2. The topological polar surface area (TPSA) is 81.2 Å². The largest absolute Gasteiger partial charge is 0.462 e. The summed E-state index contributed by atoms with van der Waals surface area (Å²) in [6.45, 7) is 6.19. The van der Waals surface area contributed by atoms with Gasteiger partial charge in [0.1, 0.15) is 5.03 Å². The highest BCUT2D eigenvalue weighted by molar-refractivity contribution is 7.99. The molecule has 0 aliphatic carbocycles. The molecule has 1 aromatic heterocycles. The van der Waals surface area contributed by atoms with Gasteiger partial charge in [0, 0.05) is 11.3 Å². The Morgan fingerprint density at radius 2 is 1.77 bits per heavy atom. The molecule has 0 radical (unpaired) electrons. The summed E-state index contributed by atoms with van der Waals surface area (Å²) in [5.74, 6) is -0.338. The molecule has 0 unspecified atom stereocenters. The first-order valence-electron chi connectivity index (χ1n) is 9.57. The van der Waals surface area contributed by atoms with Crippen LogP contribution in [0.2, 0.25) is 0 Å². The summed E-state index contributed by atoms with van der Waals surface area (Å²) in [6, 6.07) is 16.6. The third-order valence-corrected chi connectivity index (χ3v) is 5.25. The second kappa shape index (κ2) is 10.0. The van der Waals surface area contributed by atoms with Gasteiger partial charge in [-0.2, -0.15) is 0 Å². The molecule has 7 heteroatoms. The molecule has 6 nitrogen and oxygen atoms in total. The molecule has 3 aromatic rings. The lowest BCUT2D eigenvalue weighted by atomic mass is 10.0. The van der Waals surface area contributed by atoms with Crippen LogP contribution in [0.3, 0.4) is 0 Å². The third-order valence-electron chi connectivity index (χ3n) is 4.33. The molecule has 30 heavy (non-hydrogen) atoms. The number of anilines is 1. The fourth-order valence-electron chi connectivity index (χ4n) is 2.88. The molecule has 2 aromatic carbocycles. The van der Waals surface area contributed by atoms with Gasteiger partial charge in [0.2, 0.25) is 5.91 Å². The maximum absolute atomic E-state index is 12.2. The van der Waals surface area contributed by atoms with Crippen LogP contribution in [-0.2, 0) is 9.53 Å². The molecule has 1 amide bonds. The number of nitrogens with zero attached hydrogens (tertiary/aromatic N) is 2. The van der Waals surface area contributed by atoms with Crippen LogP contribution >= 0.6 is 11.8 Å². The van der Waals surface area contributed by atoms with Crippen LogP contribution in [-0.4, -0.2) is 34.4 Å². The number of rotatable bonds is 7. The van der Waals surface area contributed by atoms with Crippen molar-refractivity contribution in [1.82, 2.24) is 10.2 Å². The molecule has 1 N–H and O–H groups in total. The fraction of sp³-hybridized carbons (Fsp3) is 0.217. The minimum Gasteiger partial charge on any atom is -0.462 e. The molecule has 154 valence electrons. The van der Waals surface area contributed by atoms with Crippen LogP contribution in [0.25, 0.3) is 11.3 Å². The SMILES string of the molecule is CCOC(=O)c1ccc(NC(=O)CSc2ccc(-c3ccc(C)cc3C)nn2)cc1. The van der Waals surface area contributed by atoms with Gasteiger partial charge in [0.15, 0.2) is 0 Å². The van der Waals surface area contributed by atoms with Crippen LogP contribution in [0.1, 0.15) is 28.4 Å². The number of carbonyl (C=O) groups is 2. The van der Waals surface area contributed by atoms with Gasteiger partial charge >= 0.3 is 5.97 Å². The minimum absolute atomic E-state index is 0.163. The Morgan fingerprint density at radius 3 is 2.40 bits per heavy atom. The van der Waals surface area contributed by atoms with Crippen molar-refractivity contribution in [2.45, 2.75) is 25.8 Å². The zero-order valence-corrected chi connectivity index (χ0v) is 18.0. The molecule has 0 bridgehead atoms. The van der Waals surface area contributed by atoms with E-state index in [-0.39, 0.29) is 17.6 Å². The Labute approximate surface area is 180 Å². The van der Waals surface area contributed by atoms with Crippen LogP contribution in [0.5, 0.6) is 0 Å². The molecule has 0 aliphatic heterocycles. The molecule has 1 heterocycles. The molecular formula is C23H23N3O3S. The van der Waals surface area contributed by atoms with E-state index in [0.717, 1.165) is 16.8 Å². The van der Waals surface area contributed by atoms with Crippen molar-refractivity contribution in [2.24, 2.45) is 0 Å². The number of esters is 1. The van der Waals surface area contributed by atoms with E-state index in [1.807, 2.05) is 18.2 Å². The van der Waals surface area contributed by atoms with E-state index in [0.29, 0.717) is 22.9 Å². The van der Waals surface area contributed by atoms with Gasteiger partial charge in [0.25, 0.3) is 0 Å². The average Bonchev–Trinajstić information content (AvgIpc) is 2.73. The van der Waals surface area contributed by atoms with E-state index < -0.39 is 0 Å². The van der Waals surface area contributed by atoms with Gasteiger partial charge in [0.05, 0.1) is 23.6 Å². The number of hydrogen-bond acceptors (Lipinski definition) is 6. The van der Waals surface area contributed by atoms with Crippen molar-refractivity contribution in [3.8, 4) is 11.3 Å². The third kappa shape index (κ3) is 5.67. The maximum Gasteiger partial charge on any atom is 0.338 e. The highest BCUT2D eigenvalue weighted by atomic mass is 32.2. The lowest BCUT2D eigenvalue weighted by Crippen LogP contribution is -2.14. The van der Waals surface area contributed by atoms with E-state index in [9.17, 15) is 9.59 Å². The van der Waals surface area contributed by atoms with Gasteiger partial charge in [-0.05, 0) is 62.7 Å². The molecule has 0 saturated heterocycles. The quantitative estimate of drug-likeness (QED) is 0.441. The summed E-state index contributed by atoms with van der Waals surface area (Å²) in [7, 11) is 0. The zero-order valence-electron chi connectivity index (χ0n) is 17.1. The standard InChI is InChI=1S/C23H23N3O3S/c1-4-29-23(28)17-6-8-18(9-7-17)24-21(27)14-30-22-12-11-20(25-26-22)19-10-5-15(2)13-16(19)3/h5-13H,4,14H2,1-3H3,(H,24,27). The number of ether oxygens (including phenoxy) is 1. The summed E-state index contributed by atoms with van der Waals surface area (Å²) in [4.78, 5) is 23.9. The molecule has 0 fully saturated rings. The number of aromatic nitrogens is 2. The molecule has 0 atom stereocenters. The summed E-state index contributed by atoms with van der Waals surface area (Å²) in [5.41, 5.74) is 5.28. The summed E-state index contributed by atoms with van der Waals surface area (Å²) >= 11 is 1.31. The Balaban J connectivity index is 1.54. The highest BCUT2D eigenvalue weighted by Crippen LogP contribution is 2.23. The summed E-state index contributed by atoms with van der Waals surface area (Å²) in [6.07, 6.45) is 0. The van der Waals surface area contributed by atoms with Crippen LogP contribution in [0.15, 0.2) is 59.6 Å². The van der Waals surface area contributed by atoms with Gasteiger partial charge in [-0.1, -0.05) is 35.5 Å². The van der Waals surface area contributed by atoms with Gasteiger partial charge in [-0.25, -0.2) is 4.79 Å². The van der Waals surface area contributed by atoms with E-state index >= 15 is 0 Å². The number of hydrogen-bond donors (Lipinski definition) is 1. The first kappa shape index (κ1) is 21.5. The Morgan fingerprint density at radius 1 is 1.00 bits per heavy atom. The Hall–Kier alpha value is -3.19. The van der Waals surface area contributed by atoms with Crippen molar-refractivity contribution < 1.29 is 14.3 Å². The maximum atomic E-state index is 12.2. The van der Waals surface area contributed by atoms with Crippen molar-refractivity contribution >= 4 is 29.3 Å². The predicted molar refractivity (Wildman–Crippen MR) is 119 cm³/mol. The fourth-order valence-corrected chi connectivity index (χ4v) is 3.50. The summed E-state index contributed by atoms with van der Waals surface area (Å²) in [5, 5.41) is 12.0. The predicted octanol–water partition coefficient (Wildman–Crippen LogP) is 4.67. The smallest absolute Gasteiger partial charge is 0.338 e. The highest BCUT2D eigenvalue weighted by Gasteiger charge is 2.09. The molecule has 3 rings (SSSR count). The van der Waals surface area contributed by atoms with Gasteiger partial charge in [-0.15, -0.1) is 10.2 Å². The second-order valence-corrected chi connectivity index (χ2v) is 7.71. The van der Waals surface area contributed by atoms with E-state index in [1.54, 1.807) is 31.2 Å². The molecule has 0 aliphatic rings. The van der Waals surface area contributed by atoms with Crippen molar-refractivity contribution in [1.29, 1.82) is 0 Å². The number of thioether (sulfide) groups is 1. The first-order valence-corrected chi connectivity index (χ1v) is 10.6. The van der Waals surface area contributed by atoms with Crippen molar-refractivity contribution in [3.05, 3.63) is 71.3 Å². The van der Waals surface area contributed by atoms with Crippen LogP contribution < -0.4 is 5.32 Å². The van der Waals surface area contributed by atoms with Crippen LogP contribution in [0, 0.1) is 13.8 Å². The lowest BCUT2D eigenvalue weighted by Gasteiger charge is -2.07. The van der Waals surface area contributed by atoms with Crippen LogP contribution in [0.4, 0.5) is 5.69 Å². The second-order valence-electron chi connectivity index (χ2n) is 6.71. The molecule has 0 saturated carbocycles. The van der Waals surface area contributed by atoms with E-state index in [2.05, 4.69) is 41.5 Å². The lowest BCUT2D eigenvalue weighted by molar-refractivity contribution is -0.113. The number of nitrogens with one attached hydrogen (secondary N) is 1. The van der Waals surface area contributed by atoms with Gasteiger partial charge < -0.3 is 10.1 Å². The minimum atomic E-state index is -0.381. The Bertz CT molecular complexity index is 1030. The van der Waals surface area contributed by atoms with E-state index in [4.69, 9.17) is 4.74 Å². The normalized spacial score (nSPS) is 10.5. The molecule has 0 spiro atoms. The zero-order chi connectivity index (χ0) is 21.5. The average molecular weight is 422 g/mol. The monoisotopic (exact) mass is 421 g/mol. The number of benzene rings is 2. The molecular weight excluding hydrogens is 398 g/mol. The van der Waals surface area contributed by atoms with Crippen molar-refractivity contribution in [2.75, 3.05) is 17.7 Å². The Kier molecular flexibility index (Phi) is 7.19. The first-order chi connectivity index (χ1) is 14.5. The van der Waals surface area contributed by atoms with Crippen molar-refractivity contribution in [3.63, 3.8) is 0 Å². The summed E-state index contributed by atoms with van der Waals surface area (Å²) < 4.78 is 4.94. The van der Waals surface area contributed by atoms with Gasteiger partial charge in [-0.3, -0.25) is 4.79 Å². The number of carbonyl (C=O) groups excluding carboxylic acids is 2. The van der Waals surface area contributed by atoms with E-state index in [1.165, 1.54) is 17.3 Å². The number of amides is 1.